The molecule has 1 aromatic carbocycles. The topological polar surface area (TPSA) is 77.0 Å². The zero-order valence-corrected chi connectivity index (χ0v) is 15.8. The average Bonchev–Trinajstić information content (AvgIpc) is 2.74. The lowest BCUT2D eigenvalue weighted by Gasteiger charge is -2.38. The summed E-state index contributed by atoms with van der Waals surface area (Å²) in [5.74, 6) is -1.45. The van der Waals surface area contributed by atoms with Gasteiger partial charge < -0.3 is 19.8 Å². The number of pyridine rings is 1. The number of nitrogens with zero attached hydrogens (tertiary/aromatic N) is 4. The smallest absolute Gasteiger partial charge is 0.277 e. The van der Waals surface area contributed by atoms with Crippen molar-refractivity contribution in [2.45, 2.75) is 6.42 Å². The maximum Gasteiger partial charge on any atom is 0.277 e. The molecule has 0 bridgehead atoms. The average molecular weight is 396 g/mol. The van der Waals surface area contributed by atoms with Gasteiger partial charge in [-0.15, -0.1) is 0 Å². The summed E-state index contributed by atoms with van der Waals surface area (Å²) in [6.45, 7) is 6.20. The highest BCUT2D eigenvalue weighted by Gasteiger charge is 2.33. The number of piperazine rings is 1. The molecule has 0 atom stereocenters. The number of phenolic OH excluding ortho intramolecular Hbond substituents is 1. The van der Waals surface area contributed by atoms with Crippen LogP contribution in [0.2, 0.25) is 0 Å². The van der Waals surface area contributed by atoms with Gasteiger partial charge in [-0.2, -0.15) is 0 Å². The monoisotopic (exact) mass is 396 g/mol. The highest BCUT2D eigenvalue weighted by Crippen LogP contribution is 2.35. The Balaban J connectivity index is 1.61. The van der Waals surface area contributed by atoms with Gasteiger partial charge in [0.25, 0.3) is 5.91 Å². The van der Waals surface area contributed by atoms with Crippen molar-refractivity contribution in [3.05, 3.63) is 60.2 Å². The lowest BCUT2D eigenvalue weighted by atomic mass is 10.00. The van der Waals surface area contributed by atoms with Crippen molar-refractivity contribution in [2.24, 2.45) is 0 Å². The molecule has 2 aromatic rings. The van der Waals surface area contributed by atoms with Crippen LogP contribution in [-0.4, -0.2) is 59.5 Å². The van der Waals surface area contributed by atoms with Gasteiger partial charge in [0.1, 0.15) is 17.1 Å². The van der Waals surface area contributed by atoms with Crippen LogP contribution in [0.3, 0.4) is 0 Å². The first-order chi connectivity index (χ1) is 14.0. The molecular formula is C21H21FN4O3. The molecule has 1 N–H and O–H groups in total. The number of aromatic hydroxyl groups is 1. The van der Waals surface area contributed by atoms with Crippen LogP contribution in [0.25, 0.3) is 0 Å². The van der Waals surface area contributed by atoms with Gasteiger partial charge in [-0.3, -0.25) is 14.6 Å². The van der Waals surface area contributed by atoms with Gasteiger partial charge in [0.2, 0.25) is 5.91 Å². The van der Waals surface area contributed by atoms with Gasteiger partial charge in [-0.1, -0.05) is 12.6 Å². The number of fused-ring (bicyclic) bond motifs is 1. The van der Waals surface area contributed by atoms with Crippen LogP contribution < -0.4 is 9.80 Å². The lowest BCUT2D eigenvalue weighted by Crippen LogP contribution is -2.49. The normalized spacial score (nSPS) is 16.6. The number of benzene rings is 1. The fourth-order valence-corrected chi connectivity index (χ4v) is 3.94. The van der Waals surface area contributed by atoms with Gasteiger partial charge in [0.15, 0.2) is 5.82 Å². The second-order valence-electron chi connectivity index (χ2n) is 6.99. The predicted octanol–water partition coefficient (Wildman–Crippen LogP) is 1.96. The second kappa shape index (κ2) is 7.54. The van der Waals surface area contributed by atoms with E-state index < -0.39 is 11.7 Å². The molecule has 2 aliphatic rings. The molecule has 29 heavy (non-hydrogen) atoms. The van der Waals surface area contributed by atoms with Crippen LogP contribution in [0.1, 0.15) is 16.1 Å². The summed E-state index contributed by atoms with van der Waals surface area (Å²) in [6, 6.07) is 5.83. The molecule has 3 heterocycles. The molecule has 2 amide bonds. The van der Waals surface area contributed by atoms with Crippen molar-refractivity contribution >= 4 is 23.2 Å². The Labute approximate surface area is 167 Å². The van der Waals surface area contributed by atoms with Crippen LogP contribution >= 0.6 is 0 Å². The van der Waals surface area contributed by atoms with E-state index in [0.717, 1.165) is 11.3 Å². The minimum absolute atomic E-state index is 0.0862. The molecule has 1 saturated heterocycles. The highest BCUT2D eigenvalue weighted by atomic mass is 19.1. The summed E-state index contributed by atoms with van der Waals surface area (Å²) < 4.78 is 14.3. The number of halogens is 1. The molecule has 1 fully saturated rings. The SMILES string of the molecule is C=CC(=O)N1CCN(c2ccnc3c2CCN(c2c(O)cccc2F)C3=O)CC1. The summed E-state index contributed by atoms with van der Waals surface area (Å²) in [4.78, 5) is 34.2. The number of anilines is 2. The number of aromatic nitrogens is 1. The number of carbonyl (C=O) groups excluding carboxylic acids is 2. The summed E-state index contributed by atoms with van der Waals surface area (Å²) in [7, 11) is 0. The van der Waals surface area contributed by atoms with E-state index in [1.165, 1.54) is 29.2 Å². The lowest BCUT2D eigenvalue weighted by molar-refractivity contribution is -0.126. The number of hydrogen-bond donors (Lipinski definition) is 1. The molecule has 0 aliphatic carbocycles. The Morgan fingerprint density at radius 1 is 1.17 bits per heavy atom. The zero-order valence-electron chi connectivity index (χ0n) is 15.8. The fourth-order valence-electron chi connectivity index (χ4n) is 3.94. The summed E-state index contributed by atoms with van der Waals surface area (Å²) in [5, 5.41) is 10.1. The first kappa shape index (κ1) is 18.9. The Morgan fingerprint density at radius 2 is 1.93 bits per heavy atom. The predicted molar refractivity (Wildman–Crippen MR) is 107 cm³/mol. The van der Waals surface area contributed by atoms with Crippen molar-refractivity contribution < 1.29 is 19.1 Å². The van der Waals surface area contributed by atoms with Gasteiger partial charge in [-0.05, 0) is 30.7 Å². The Bertz CT molecular complexity index is 966. The molecule has 0 unspecified atom stereocenters. The number of hydrogen-bond acceptors (Lipinski definition) is 5. The van der Waals surface area contributed by atoms with E-state index in [4.69, 9.17) is 0 Å². The number of rotatable bonds is 3. The minimum atomic E-state index is -0.652. The molecule has 8 heteroatoms. The third-order valence-electron chi connectivity index (χ3n) is 5.41. The van der Waals surface area contributed by atoms with Crippen molar-refractivity contribution in [3.8, 4) is 5.75 Å². The van der Waals surface area contributed by atoms with Crippen LogP contribution in [0, 0.1) is 5.82 Å². The number of amides is 2. The molecule has 2 aliphatic heterocycles. The van der Waals surface area contributed by atoms with Crippen LogP contribution in [0.4, 0.5) is 15.8 Å². The summed E-state index contributed by atoms with van der Waals surface area (Å²) in [6.07, 6.45) is 3.37. The van der Waals surface area contributed by atoms with E-state index in [9.17, 15) is 19.1 Å². The number of para-hydroxylation sites is 1. The van der Waals surface area contributed by atoms with Crippen molar-refractivity contribution in [1.29, 1.82) is 0 Å². The van der Waals surface area contributed by atoms with Gasteiger partial charge in [-0.25, -0.2) is 4.39 Å². The molecule has 1 aromatic heterocycles. The Kier molecular flexibility index (Phi) is 4.92. The van der Waals surface area contributed by atoms with Crippen LogP contribution in [0.5, 0.6) is 5.75 Å². The molecule has 7 nitrogen and oxygen atoms in total. The van der Waals surface area contributed by atoms with Gasteiger partial charge in [0, 0.05) is 50.2 Å². The molecule has 4 rings (SSSR count). The Hall–Kier alpha value is -3.42. The molecular weight excluding hydrogens is 375 g/mol. The van der Waals surface area contributed by atoms with Gasteiger partial charge in [0.05, 0.1) is 0 Å². The first-order valence-electron chi connectivity index (χ1n) is 9.44. The maximum atomic E-state index is 14.3. The van der Waals surface area contributed by atoms with E-state index in [1.807, 2.05) is 6.07 Å². The highest BCUT2D eigenvalue weighted by molar-refractivity contribution is 6.08. The van der Waals surface area contributed by atoms with E-state index in [0.29, 0.717) is 32.6 Å². The molecule has 0 saturated carbocycles. The number of carbonyl (C=O) groups is 2. The van der Waals surface area contributed by atoms with E-state index in [1.54, 1.807) is 11.1 Å². The van der Waals surface area contributed by atoms with Crippen LogP contribution in [0.15, 0.2) is 43.1 Å². The van der Waals surface area contributed by atoms with E-state index in [-0.39, 0.29) is 29.6 Å². The minimum Gasteiger partial charge on any atom is -0.506 e. The van der Waals surface area contributed by atoms with E-state index >= 15 is 0 Å². The largest absolute Gasteiger partial charge is 0.506 e. The molecule has 0 spiro atoms. The third kappa shape index (κ3) is 3.30. The second-order valence-corrected chi connectivity index (χ2v) is 6.99. The maximum absolute atomic E-state index is 14.3. The number of phenols is 1. The third-order valence-corrected chi connectivity index (χ3v) is 5.41. The zero-order chi connectivity index (χ0) is 20.5. The van der Waals surface area contributed by atoms with E-state index in [2.05, 4.69) is 16.5 Å². The van der Waals surface area contributed by atoms with Crippen molar-refractivity contribution in [1.82, 2.24) is 9.88 Å². The summed E-state index contributed by atoms with van der Waals surface area (Å²) in [5.41, 5.74) is 1.87. The van der Waals surface area contributed by atoms with Crippen LogP contribution in [-0.2, 0) is 11.2 Å². The fraction of sp³-hybridized carbons (Fsp3) is 0.286. The summed E-state index contributed by atoms with van der Waals surface area (Å²) >= 11 is 0. The molecule has 0 radical (unpaired) electrons. The standard InChI is InChI=1S/C21H21FN4O3/c1-2-18(28)25-12-10-24(11-13-25)16-6-8-23-19-14(16)7-9-26(21(19)29)20-15(22)4-3-5-17(20)27/h2-6,8,27H,1,7,9-13H2. The molecule has 150 valence electrons. The quantitative estimate of drug-likeness (QED) is 0.803. The van der Waals surface area contributed by atoms with Gasteiger partial charge >= 0.3 is 0 Å². The van der Waals surface area contributed by atoms with Crippen molar-refractivity contribution in [2.75, 3.05) is 42.5 Å². The Morgan fingerprint density at radius 3 is 2.62 bits per heavy atom. The first-order valence-corrected chi connectivity index (χ1v) is 9.44. The van der Waals surface area contributed by atoms with Crippen molar-refractivity contribution in [3.63, 3.8) is 0 Å².